The third-order valence-corrected chi connectivity index (χ3v) is 6.48. The Morgan fingerprint density at radius 2 is 1.35 bits per heavy atom. The van der Waals surface area contributed by atoms with Crippen LogP contribution < -0.4 is 20.9 Å². The fourth-order valence-corrected chi connectivity index (χ4v) is 4.73. The van der Waals surface area contributed by atoms with Crippen molar-refractivity contribution in [3.63, 3.8) is 0 Å². The topological polar surface area (TPSA) is 133 Å². The molecular formula is C29H36F2N4O5. The first kappa shape index (κ1) is 30.8. The van der Waals surface area contributed by atoms with Crippen molar-refractivity contribution in [1.29, 1.82) is 0 Å². The minimum atomic E-state index is -2.79. The van der Waals surface area contributed by atoms with E-state index in [9.17, 15) is 33.1 Å². The van der Waals surface area contributed by atoms with Crippen LogP contribution in [0.5, 0.6) is 0 Å². The van der Waals surface area contributed by atoms with E-state index in [0.717, 1.165) is 12.1 Å². The summed E-state index contributed by atoms with van der Waals surface area (Å²) in [6.07, 6.45) is -2.10. The molecule has 40 heavy (non-hydrogen) atoms. The minimum absolute atomic E-state index is 0.0162. The SMILES string of the molecule is CC(C)CN1C(=O)C(N)(C(=O)[C@@H](NC(=O)Cc2cc(F)cc(F)c2)[C@@H](C)O)C(=O)N(CC(C)C)c2ccccc21. The summed E-state index contributed by atoms with van der Waals surface area (Å²) in [5.74, 6) is -5.96. The Bertz CT molecular complexity index is 1230. The van der Waals surface area contributed by atoms with Crippen molar-refractivity contribution in [2.75, 3.05) is 22.9 Å². The zero-order chi connectivity index (χ0) is 29.9. The van der Waals surface area contributed by atoms with Gasteiger partial charge in [0.25, 0.3) is 11.8 Å². The number of halogens is 2. The largest absolute Gasteiger partial charge is 0.391 e. The minimum Gasteiger partial charge on any atom is -0.391 e. The van der Waals surface area contributed by atoms with Gasteiger partial charge >= 0.3 is 0 Å². The Morgan fingerprint density at radius 3 is 1.75 bits per heavy atom. The fraction of sp³-hybridized carbons (Fsp3) is 0.448. The smallest absolute Gasteiger partial charge is 0.264 e. The van der Waals surface area contributed by atoms with Crippen molar-refractivity contribution in [1.82, 2.24) is 5.32 Å². The summed E-state index contributed by atoms with van der Waals surface area (Å²) in [4.78, 5) is 57.6. The lowest BCUT2D eigenvalue weighted by atomic mass is 9.85. The number of benzene rings is 2. The predicted octanol–water partition coefficient (Wildman–Crippen LogP) is 2.33. The Balaban J connectivity index is 2.06. The van der Waals surface area contributed by atoms with E-state index in [1.807, 2.05) is 27.7 Å². The summed E-state index contributed by atoms with van der Waals surface area (Å²) in [5, 5.41) is 12.8. The number of hydrogen-bond acceptors (Lipinski definition) is 6. The van der Waals surface area contributed by atoms with Crippen LogP contribution in [0.2, 0.25) is 0 Å². The number of para-hydroxylation sites is 2. The van der Waals surface area contributed by atoms with Gasteiger partial charge in [0.15, 0.2) is 5.78 Å². The Labute approximate surface area is 232 Å². The average Bonchev–Trinajstić information content (AvgIpc) is 2.91. The number of aliphatic hydroxyl groups excluding tert-OH is 1. The number of anilines is 2. The van der Waals surface area contributed by atoms with Gasteiger partial charge in [-0.25, -0.2) is 8.78 Å². The fourth-order valence-electron chi connectivity index (χ4n) is 4.73. The van der Waals surface area contributed by atoms with Crippen LogP contribution in [0.1, 0.15) is 40.2 Å². The van der Waals surface area contributed by atoms with E-state index in [0.29, 0.717) is 17.4 Å². The molecule has 11 heteroatoms. The molecule has 3 amide bonds. The van der Waals surface area contributed by atoms with E-state index in [2.05, 4.69) is 5.32 Å². The first-order chi connectivity index (χ1) is 18.7. The lowest BCUT2D eigenvalue weighted by Gasteiger charge is -2.34. The molecule has 0 spiro atoms. The van der Waals surface area contributed by atoms with Crippen LogP contribution >= 0.6 is 0 Å². The van der Waals surface area contributed by atoms with Gasteiger partial charge in [-0.2, -0.15) is 0 Å². The van der Waals surface area contributed by atoms with Crippen LogP contribution in [0.3, 0.4) is 0 Å². The number of fused-ring (bicyclic) bond motifs is 1. The zero-order valence-corrected chi connectivity index (χ0v) is 23.3. The van der Waals surface area contributed by atoms with Gasteiger partial charge in [0.2, 0.25) is 11.4 Å². The molecule has 0 aromatic heterocycles. The van der Waals surface area contributed by atoms with E-state index in [4.69, 9.17) is 5.73 Å². The molecule has 0 saturated carbocycles. The lowest BCUT2D eigenvalue weighted by Crippen LogP contribution is -2.72. The number of Topliss-reactive ketones (excluding diaryl/α,β-unsaturated/α-hetero) is 1. The molecule has 0 radical (unpaired) electrons. The molecule has 0 fully saturated rings. The second kappa shape index (κ2) is 12.2. The molecular weight excluding hydrogens is 522 g/mol. The predicted molar refractivity (Wildman–Crippen MR) is 146 cm³/mol. The van der Waals surface area contributed by atoms with E-state index < -0.39 is 59.2 Å². The Kier molecular flexibility index (Phi) is 9.42. The summed E-state index contributed by atoms with van der Waals surface area (Å²) in [6, 6.07) is 7.52. The molecule has 0 aliphatic carbocycles. The van der Waals surface area contributed by atoms with Gasteiger partial charge in [-0.15, -0.1) is 0 Å². The summed E-state index contributed by atoms with van der Waals surface area (Å²) in [6.45, 7) is 8.94. The van der Waals surface area contributed by atoms with Gasteiger partial charge in [-0.3, -0.25) is 19.2 Å². The summed E-state index contributed by atoms with van der Waals surface area (Å²) in [5.41, 5.74) is 4.52. The molecule has 0 saturated heterocycles. The number of carbonyl (C=O) groups is 4. The van der Waals surface area contributed by atoms with Crippen molar-refractivity contribution in [3.8, 4) is 0 Å². The second-order valence-electron chi connectivity index (χ2n) is 11.0. The second-order valence-corrected chi connectivity index (χ2v) is 11.0. The molecule has 9 nitrogen and oxygen atoms in total. The normalized spacial score (nSPS) is 16.6. The third kappa shape index (κ3) is 6.37. The number of hydrogen-bond donors (Lipinski definition) is 3. The van der Waals surface area contributed by atoms with Gasteiger partial charge in [-0.05, 0) is 48.6 Å². The molecule has 4 N–H and O–H groups in total. The van der Waals surface area contributed by atoms with Gasteiger partial charge in [-0.1, -0.05) is 39.8 Å². The van der Waals surface area contributed by atoms with Crippen LogP contribution in [0.15, 0.2) is 42.5 Å². The number of nitrogens with two attached hydrogens (primary N) is 1. The van der Waals surface area contributed by atoms with Crippen LogP contribution in [0, 0.1) is 23.5 Å². The maximum absolute atomic E-state index is 14.1. The van der Waals surface area contributed by atoms with Gasteiger partial charge in [0.05, 0.1) is 23.9 Å². The number of amides is 3. The summed E-state index contributed by atoms with van der Waals surface area (Å²) in [7, 11) is 0. The Morgan fingerprint density at radius 1 is 0.900 bits per heavy atom. The Hall–Kier alpha value is -3.70. The quantitative estimate of drug-likeness (QED) is 0.384. The van der Waals surface area contributed by atoms with Crippen LogP contribution in [-0.2, 0) is 25.6 Å². The van der Waals surface area contributed by atoms with E-state index in [1.165, 1.54) is 16.7 Å². The van der Waals surface area contributed by atoms with Crippen LogP contribution in [-0.4, -0.2) is 59.4 Å². The van der Waals surface area contributed by atoms with E-state index in [-0.39, 0.29) is 30.5 Å². The number of rotatable bonds is 10. The maximum Gasteiger partial charge on any atom is 0.264 e. The number of ketones is 1. The maximum atomic E-state index is 14.1. The van der Waals surface area contributed by atoms with E-state index >= 15 is 0 Å². The monoisotopic (exact) mass is 558 g/mol. The molecule has 1 heterocycles. The van der Waals surface area contributed by atoms with Crippen LogP contribution in [0.25, 0.3) is 0 Å². The van der Waals surface area contributed by atoms with Crippen molar-refractivity contribution in [2.45, 2.75) is 58.7 Å². The first-order valence-electron chi connectivity index (χ1n) is 13.1. The molecule has 2 atom stereocenters. The van der Waals surface area contributed by atoms with Crippen molar-refractivity contribution in [3.05, 3.63) is 59.7 Å². The molecule has 0 unspecified atom stereocenters. The zero-order valence-electron chi connectivity index (χ0n) is 23.3. The molecule has 2 aromatic carbocycles. The van der Waals surface area contributed by atoms with Gasteiger partial charge < -0.3 is 26.0 Å². The number of carbonyl (C=O) groups excluding carboxylic acids is 4. The number of nitrogens with zero attached hydrogens (tertiary/aromatic N) is 2. The highest BCUT2D eigenvalue weighted by Gasteiger charge is 2.58. The van der Waals surface area contributed by atoms with Crippen LogP contribution in [0.4, 0.5) is 20.2 Å². The molecule has 3 rings (SSSR count). The van der Waals surface area contributed by atoms with Crippen molar-refractivity contribution < 1.29 is 33.1 Å². The van der Waals surface area contributed by atoms with Gasteiger partial charge in [0, 0.05) is 19.2 Å². The number of nitrogens with one attached hydrogen (secondary N) is 1. The molecule has 0 bridgehead atoms. The highest BCUT2D eigenvalue weighted by molar-refractivity contribution is 6.37. The molecule has 1 aliphatic heterocycles. The highest BCUT2D eigenvalue weighted by Crippen LogP contribution is 2.37. The molecule has 1 aliphatic rings. The highest BCUT2D eigenvalue weighted by atomic mass is 19.1. The van der Waals surface area contributed by atoms with Crippen molar-refractivity contribution >= 4 is 34.9 Å². The van der Waals surface area contributed by atoms with Gasteiger partial charge in [0.1, 0.15) is 17.7 Å². The average molecular weight is 559 g/mol. The molecule has 216 valence electrons. The number of aliphatic hydroxyl groups is 1. The van der Waals surface area contributed by atoms with E-state index in [1.54, 1.807) is 24.3 Å². The standard InChI is InChI=1S/C29H36F2N4O5/c1-16(2)14-34-22-8-6-7-9-23(22)35(15-17(3)4)28(40)29(32,27(34)39)26(38)25(18(5)36)33-24(37)12-19-10-20(30)13-21(31)11-19/h6-11,13,16-18,25,36H,12,14-15,32H2,1-5H3,(H,33,37)/t18-,25+/m1/s1. The van der Waals surface area contributed by atoms with Crippen molar-refractivity contribution in [2.24, 2.45) is 17.6 Å². The summed E-state index contributed by atoms with van der Waals surface area (Å²) >= 11 is 0. The molecule has 2 aromatic rings. The summed E-state index contributed by atoms with van der Waals surface area (Å²) < 4.78 is 27.2. The third-order valence-electron chi connectivity index (χ3n) is 6.48. The lowest BCUT2D eigenvalue weighted by molar-refractivity contribution is -0.145. The first-order valence-corrected chi connectivity index (χ1v) is 13.1.